The zero-order valence-corrected chi connectivity index (χ0v) is 12.0. The number of fused-ring (bicyclic) bond motifs is 1. The number of nitrogens with zero attached hydrogens (tertiary/aromatic N) is 2. The third kappa shape index (κ3) is 2.95. The molecule has 0 amide bonds. The second-order valence-corrected chi connectivity index (χ2v) is 4.68. The zero-order chi connectivity index (χ0) is 16.4. The molecule has 2 aromatic rings. The minimum atomic E-state index is -0.921. The summed E-state index contributed by atoms with van der Waals surface area (Å²) in [6.45, 7) is 1.83. The van der Waals surface area contributed by atoms with Crippen LogP contribution in [0.5, 0.6) is 11.6 Å². The van der Waals surface area contributed by atoms with E-state index in [9.17, 15) is 14.4 Å². The van der Waals surface area contributed by atoms with Crippen LogP contribution >= 0.6 is 0 Å². The van der Waals surface area contributed by atoms with Crippen molar-refractivity contribution in [1.82, 2.24) is 9.66 Å². The molecule has 8 nitrogen and oxygen atoms in total. The van der Waals surface area contributed by atoms with E-state index >= 15 is 0 Å². The third-order valence-corrected chi connectivity index (χ3v) is 2.99. The highest BCUT2D eigenvalue weighted by atomic mass is 16.6. The highest BCUT2D eigenvalue weighted by Gasteiger charge is 2.24. The van der Waals surface area contributed by atoms with Crippen LogP contribution in [-0.2, 0) is 14.4 Å². The Morgan fingerprint density at radius 3 is 2.83 bits per heavy atom. The van der Waals surface area contributed by atoms with Gasteiger partial charge in [0, 0.05) is 30.2 Å². The number of anilines is 1. The molecule has 3 rings (SSSR count). The number of carbonyl (C=O) groups excluding carboxylic acids is 3. The highest BCUT2D eigenvalue weighted by Crippen LogP contribution is 2.30. The van der Waals surface area contributed by atoms with Gasteiger partial charge in [-0.15, -0.1) is 0 Å². The van der Waals surface area contributed by atoms with Gasteiger partial charge in [-0.1, -0.05) is 0 Å². The van der Waals surface area contributed by atoms with Gasteiger partial charge in [0.05, 0.1) is 5.69 Å². The summed E-state index contributed by atoms with van der Waals surface area (Å²) in [6, 6.07) is 4.95. The van der Waals surface area contributed by atoms with Crippen LogP contribution in [0, 0.1) is 6.92 Å². The molecule has 0 radical (unpaired) electrons. The first-order chi connectivity index (χ1) is 11.1. The van der Waals surface area contributed by atoms with Gasteiger partial charge < -0.3 is 9.47 Å². The third-order valence-electron chi connectivity index (χ3n) is 2.99. The largest absolute Gasteiger partial charge is 0.417 e. The fourth-order valence-corrected chi connectivity index (χ4v) is 1.97. The molecule has 116 valence electrons. The Morgan fingerprint density at radius 1 is 1.26 bits per heavy atom. The predicted molar refractivity (Wildman–Crippen MR) is 77.8 cm³/mol. The van der Waals surface area contributed by atoms with Gasteiger partial charge in [-0.2, -0.15) is 0 Å². The van der Waals surface area contributed by atoms with Crippen molar-refractivity contribution in [1.29, 1.82) is 0 Å². The van der Waals surface area contributed by atoms with Gasteiger partial charge in [0.15, 0.2) is 12.0 Å². The molecule has 0 saturated heterocycles. The van der Waals surface area contributed by atoms with Crippen LogP contribution in [0.1, 0.15) is 5.69 Å². The normalized spacial score (nSPS) is 16.1. The Balaban J connectivity index is 1.94. The maximum absolute atomic E-state index is 11.8. The van der Waals surface area contributed by atoms with E-state index in [0.717, 1.165) is 11.8 Å². The second kappa shape index (κ2) is 5.76. The molecule has 0 aliphatic carbocycles. The Bertz CT molecular complexity index is 837. The van der Waals surface area contributed by atoms with E-state index in [0.29, 0.717) is 5.69 Å². The molecule has 23 heavy (non-hydrogen) atoms. The van der Waals surface area contributed by atoms with E-state index < -0.39 is 17.5 Å². The standard InChI is InChI=1S/C15H11N3O5/c1-9-6-11(2-4-16-9)17-18-5-3-12-14(18)23-13(20)7-10(8-19)15(21)22-12/h2-8H,1H3,(H,16,17)/b10-7-. The van der Waals surface area contributed by atoms with Gasteiger partial charge in [-0.05, 0) is 19.1 Å². The fourth-order valence-electron chi connectivity index (χ4n) is 1.97. The summed E-state index contributed by atoms with van der Waals surface area (Å²) in [7, 11) is 0. The number of nitrogens with one attached hydrogen (secondary N) is 1. The summed E-state index contributed by atoms with van der Waals surface area (Å²) >= 11 is 0. The monoisotopic (exact) mass is 313 g/mol. The number of pyridine rings is 1. The van der Waals surface area contributed by atoms with Crippen LogP contribution in [0.3, 0.4) is 0 Å². The zero-order valence-electron chi connectivity index (χ0n) is 12.0. The number of ether oxygens (including phenoxy) is 2. The summed E-state index contributed by atoms with van der Waals surface area (Å²) in [5.41, 5.74) is 4.07. The average molecular weight is 313 g/mol. The van der Waals surface area contributed by atoms with Crippen molar-refractivity contribution >= 4 is 23.9 Å². The minimum Gasteiger partial charge on any atom is -0.417 e. The van der Waals surface area contributed by atoms with Gasteiger partial charge in [0.2, 0.25) is 0 Å². The summed E-state index contributed by atoms with van der Waals surface area (Å²) in [4.78, 5) is 38.4. The molecule has 0 unspecified atom stereocenters. The van der Waals surface area contributed by atoms with Crippen molar-refractivity contribution in [3.63, 3.8) is 0 Å². The molecule has 8 heteroatoms. The quantitative estimate of drug-likeness (QED) is 0.513. The number of hydrogen-bond acceptors (Lipinski definition) is 7. The van der Waals surface area contributed by atoms with Gasteiger partial charge in [0.25, 0.3) is 5.88 Å². The van der Waals surface area contributed by atoms with E-state index in [1.807, 2.05) is 6.92 Å². The number of rotatable bonds is 3. The van der Waals surface area contributed by atoms with Crippen LogP contribution in [0.4, 0.5) is 5.69 Å². The van der Waals surface area contributed by atoms with Gasteiger partial charge in [-0.3, -0.25) is 15.2 Å². The van der Waals surface area contributed by atoms with E-state index in [-0.39, 0.29) is 17.9 Å². The Morgan fingerprint density at radius 2 is 2.09 bits per heavy atom. The molecule has 1 N–H and O–H groups in total. The molecule has 2 aromatic heterocycles. The van der Waals surface area contributed by atoms with E-state index in [2.05, 4.69) is 10.4 Å². The first-order valence-electron chi connectivity index (χ1n) is 6.59. The molecule has 0 fully saturated rings. The van der Waals surface area contributed by atoms with Gasteiger partial charge >= 0.3 is 11.9 Å². The maximum atomic E-state index is 11.8. The van der Waals surface area contributed by atoms with Crippen LogP contribution in [0.15, 0.2) is 42.2 Å². The molecule has 0 atom stereocenters. The molecule has 3 heterocycles. The van der Waals surface area contributed by atoms with Crippen molar-refractivity contribution in [2.75, 3.05) is 5.43 Å². The van der Waals surface area contributed by atoms with E-state index in [1.54, 1.807) is 18.3 Å². The Hall–Kier alpha value is -3.42. The number of hydrogen-bond donors (Lipinski definition) is 1. The number of aromatic nitrogens is 2. The molecule has 0 spiro atoms. The Labute approximate surface area is 130 Å². The van der Waals surface area contributed by atoms with Gasteiger partial charge in [-0.25, -0.2) is 14.3 Å². The molecule has 1 aliphatic heterocycles. The van der Waals surface area contributed by atoms with Crippen molar-refractivity contribution in [3.05, 3.63) is 47.9 Å². The summed E-state index contributed by atoms with van der Waals surface area (Å²) in [5, 5.41) is 0. The smallest absolute Gasteiger partial charge is 0.347 e. The topological polar surface area (TPSA) is 99.5 Å². The summed E-state index contributed by atoms with van der Waals surface area (Å²) < 4.78 is 11.6. The van der Waals surface area contributed by atoms with Gasteiger partial charge in [0.1, 0.15) is 5.57 Å². The summed E-state index contributed by atoms with van der Waals surface area (Å²) in [5.74, 6) is -1.75. The SMILES string of the molecule is Cc1cc(Nn2ccc3c2OC(=O)/C=C(/C=O)C(=O)O3)ccn1. The molecule has 0 aromatic carbocycles. The van der Waals surface area contributed by atoms with Crippen molar-refractivity contribution in [3.8, 4) is 11.6 Å². The van der Waals surface area contributed by atoms with Crippen molar-refractivity contribution in [2.45, 2.75) is 6.92 Å². The van der Waals surface area contributed by atoms with Crippen LogP contribution in [-0.4, -0.2) is 27.9 Å². The lowest BCUT2D eigenvalue weighted by Crippen LogP contribution is -2.21. The average Bonchev–Trinajstić information content (AvgIpc) is 2.85. The number of aryl methyl sites for hydroxylation is 1. The molecule has 0 saturated carbocycles. The lowest BCUT2D eigenvalue weighted by atomic mass is 10.2. The van der Waals surface area contributed by atoms with Crippen molar-refractivity contribution in [2.24, 2.45) is 0 Å². The lowest BCUT2D eigenvalue weighted by molar-refractivity contribution is -0.135. The Kier molecular flexibility index (Phi) is 3.63. The van der Waals surface area contributed by atoms with E-state index in [4.69, 9.17) is 9.47 Å². The second-order valence-electron chi connectivity index (χ2n) is 4.68. The number of carbonyl (C=O) groups is 3. The van der Waals surface area contributed by atoms with Crippen LogP contribution < -0.4 is 14.9 Å². The molecule has 1 aliphatic rings. The minimum absolute atomic E-state index is 0.000913. The number of esters is 2. The van der Waals surface area contributed by atoms with Crippen LogP contribution in [0.2, 0.25) is 0 Å². The van der Waals surface area contributed by atoms with Crippen molar-refractivity contribution < 1.29 is 23.9 Å². The number of aldehydes is 1. The fraction of sp³-hybridized carbons (Fsp3) is 0.0667. The summed E-state index contributed by atoms with van der Waals surface area (Å²) in [6.07, 6.45) is 4.17. The lowest BCUT2D eigenvalue weighted by Gasteiger charge is -2.14. The van der Waals surface area contributed by atoms with Crippen LogP contribution in [0.25, 0.3) is 0 Å². The first kappa shape index (κ1) is 14.5. The van der Waals surface area contributed by atoms with E-state index in [1.165, 1.54) is 16.9 Å². The molecular weight excluding hydrogens is 302 g/mol. The maximum Gasteiger partial charge on any atom is 0.347 e. The molecular formula is C15H11N3O5. The molecule has 0 bridgehead atoms. The predicted octanol–water partition coefficient (Wildman–Crippen LogP) is 1.02. The highest BCUT2D eigenvalue weighted by molar-refractivity contribution is 6.13. The first-order valence-corrected chi connectivity index (χ1v) is 6.59.